The Labute approximate surface area is 75.0 Å². The van der Waals surface area contributed by atoms with Gasteiger partial charge in [0.15, 0.2) is 0 Å². The fraction of sp³-hybridized carbons (Fsp3) is 1.00. The molecule has 1 unspecified atom stereocenters. The molecule has 12 heavy (non-hydrogen) atoms. The Kier molecular flexibility index (Phi) is 7.67. The summed E-state index contributed by atoms with van der Waals surface area (Å²) in [5, 5.41) is 9.27. The molecule has 0 fully saturated rings. The summed E-state index contributed by atoms with van der Waals surface area (Å²) < 4.78 is 15.8. The summed E-state index contributed by atoms with van der Waals surface area (Å²) in [7, 11) is -1.85. The molecule has 0 aromatic heterocycles. The maximum absolute atomic E-state index is 11.0. The summed E-state index contributed by atoms with van der Waals surface area (Å²) in [5.41, 5.74) is 0. The zero-order valence-corrected chi connectivity index (χ0v) is 8.72. The average molecular weight is 193 g/mol. The molecule has 0 bridgehead atoms. The van der Waals surface area contributed by atoms with Crippen molar-refractivity contribution in [1.29, 1.82) is 0 Å². The van der Waals surface area contributed by atoms with Gasteiger partial charge >= 0.3 is 8.03 Å². The lowest BCUT2D eigenvalue weighted by Gasteiger charge is -1.97. The first-order valence-corrected chi connectivity index (χ1v) is 5.74. The van der Waals surface area contributed by atoms with E-state index in [4.69, 9.17) is 4.52 Å². The molecule has 0 rings (SSSR count). The predicted molar refractivity (Wildman–Crippen MR) is 49.4 cm³/mol. The van der Waals surface area contributed by atoms with Crippen molar-refractivity contribution in [3.63, 3.8) is 0 Å². The molecule has 0 heterocycles. The van der Waals surface area contributed by atoms with Crippen LogP contribution in [0.2, 0.25) is 0 Å². The Morgan fingerprint density at radius 3 is 2.58 bits per heavy atom. The van der Waals surface area contributed by atoms with Crippen molar-refractivity contribution in [2.24, 2.45) is 0 Å². The molecule has 2 atom stereocenters. The van der Waals surface area contributed by atoms with Crippen molar-refractivity contribution in [3.05, 3.63) is 0 Å². The van der Waals surface area contributed by atoms with E-state index in [2.05, 4.69) is 6.92 Å². The second-order valence-electron chi connectivity index (χ2n) is 2.68. The van der Waals surface area contributed by atoms with Gasteiger partial charge in [0.25, 0.3) is 5.85 Å². The van der Waals surface area contributed by atoms with Crippen LogP contribution in [0.15, 0.2) is 0 Å². The number of aliphatic hydroxyl groups is 1. The van der Waals surface area contributed by atoms with Crippen LogP contribution in [-0.4, -0.2) is 17.6 Å². The largest absolute Gasteiger partial charge is 0.540 e. The Morgan fingerprint density at radius 1 is 1.42 bits per heavy atom. The maximum Gasteiger partial charge on any atom is 0.540 e. The van der Waals surface area contributed by atoms with Crippen LogP contribution in [0.4, 0.5) is 0 Å². The molecule has 0 saturated heterocycles. The number of hydrogen-bond donors (Lipinski definition) is 1. The van der Waals surface area contributed by atoms with E-state index in [9.17, 15) is 9.67 Å². The van der Waals surface area contributed by atoms with E-state index < -0.39 is 13.9 Å². The van der Waals surface area contributed by atoms with Crippen LogP contribution in [0.25, 0.3) is 0 Å². The quantitative estimate of drug-likeness (QED) is 0.499. The third-order valence-corrected chi connectivity index (χ3v) is 2.82. The molecular formula is C8H18O3P+. The second-order valence-corrected chi connectivity index (χ2v) is 4.10. The number of hydrogen-bond acceptors (Lipinski definition) is 3. The van der Waals surface area contributed by atoms with Crippen LogP contribution >= 0.6 is 8.03 Å². The Hall–Kier alpha value is 0.0200. The van der Waals surface area contributed by atoms with E-state index in [1.807, 2.05) is 0 Å². The van der Waals surface area contributed by atoms with Gasteiger partial charge in [-0.25, -0.2) is 0 Å². The highest BCUT2D eigenvalue weighted by atomic mass is 31.1. The summed E-state index contributed by atoms with van der Waals surface area (Å²) in [4.78, 5) is 0. The normalized spacial score (nSPS) is 14.4. The molecule has 0 radical (unpaired) electrons. The highest BCUT2D eigenvalue weighted by Gasteiger charge is 2.28. The Morgan fingerprint density at radius 2 is 2.08 bits per heavy atom. The molecule has 0 aliphatic rings. The van der Waals surface area contributed by atoms with Crippen molar-refractivity contribution in [2.75, 3.05) is 6.61 Å². The highest BCUT2D eigenvalue weighted by molar-refractivity contribution is 7.39. The average Bonchev–Trinajstić information content (AvgIpc) is 2.05. The molecule has 4 heteroatoms. The van der Waals surface area contributed by atoms with Gasteiger partial charge in [0, 0.05) is 6.42 Å². The third-order valence-electron chi connectivity index (χ3n) is 1.57. The molecule has 0 aromatic carbocycles. The van der Waals surface area contributed by atoms with E-state index in [1.165, 1.54) is 0 Å². The molecule has 0 aromatic rings. The van der Waals surface area contributed by atoms with Gasteiger partial charge in [-0.2, -0.15) is 0 Å². The maximum atomic E-state index is 11.0. The van der Waals surface area contributed by atoms with Crippen LogP contribution in [-0.2, 0) is 9.09 Å². The van der Waals surface area contributed by atoms with Crippen LogP contribution < -0.4 is 0 Å². The van der Waals surface area contributed by atoms with Crippen LogP contribution in [0, 0.1) is 0 Å². The second kappa shape index (κ2) is 7.66. The lowest BCUT2D eigenvalue weighted by Crippen LogP contribution is -2.01. The predicted octanol–water partition coefficient (Wildman–Crippen LogP) is 2.66. The molecule has 0 aliphatic heterocycles. The van der Waals surface area contributed by atoms with Crippen molar-refractivity contribution < 1.29 is 14.2 Å². The summed E-state index contributed by atoms with van der Waals surface area (Å²) in [6.07, 6.45) is 3.69. The van der Waals surface area contributed by atoms with E-state index in [1.54, 1.807) is 6.92 Å². The van der Waals surface area contributed by atoms with Crippen LogP contribution in [0.5, 0.6) is 0 Å². The molecule has 3 nitrogen and oxygen atoms in total. The molecule has 72 valence electrons. The van der Waals surface area contributed by atoms with Crippen molar-refractivity contribution in [1.82, 2.24) is 0 Å². The monoisotopic (exact) mass is 193 g/mol. The van der Waals surface area contributed by atoms with E-state index in [-0.39, 0.29) is 0 Å². The fourth-order valence-electron chi connectivity index (χ4n) is 0.896. The first-order valence-electron chi connectivity index (χ1n) is 4.49. The van der Waals surface area contributed by atoms with Gasteiger partial charge in [-0.3, -0.25) is 0 Å². The zero-order valence-electron chi connectivity index (χ0n) is 7.82. The molecule has 0 saturated carbocycles. The summed E-state index contributed by atoms with van der Waals surface area (Å²) in [6, 6.07) is 0. The van der Waals surface area contributed by atoms with Crippen molar-refractivity contribution >= 4 is 8.03 Å². The standard InChI is InChI=1S/C8H18O3P/c1-3-5-6-7-8(9)12(10)11-4-2/h8-9H,3-7H2,1-2H3/q+1/t8-/m1/s1. The Balaban J connectivity index is 3.42. The van der Waals surface area contributed by atoms with E-state index in [0.717, 1.165) is 19.3 Å². The van der Waals surface area contributed by atoms with Gasteiger partial charge in [0.1, 0.15) is 0 Å². The topological polar surface area (TPSA) is 46.5 Å². The minimum Gasteiger partial charge on any atom is -0.349 e. The number of rotatable bonds is 7. The van der Waals surface area contributed by atoms with Crippen molar-refractivity contribution in [3.8, 4) is 0 Å². The van der Waals surface area contributed by atoms with Gasteiger partial charge in [0.05, 0.1) is 6.61 Å². The van der Waals surface area contributed by atoms with E-state index in [0.29, 0.717) is 13.0 Å². The van der Waals surface area contributed by atoms with Crippen LogP contribution in [0.3, 0.4) is 0 Å². The SMILES string of the molecule is CCCCC[C@H](O)[P+](=O)OCC. The third kappa shape index (κ3) is 5.64. The molecule has 0 amide bonds. The zero-order chi connectivity index (χ0) is 9.40. The first-order chi connectivity index (χ1) is 5.72. The van der Waals surface area contributed by atoms with Crippen LogP contribution in [0.1, 0.15) is 39.5 Å². The molecular weight excluding hydrogens is 175 g/mol. The fourth-order valence-corrected chi connectivity index (χ4v) is 1.72. The molecule has 1 N–H and O–H groups in total. The lowest BCUT2D eigenvalue weighted by molar-refractivity contribution is 0.209. The van der Waals surface area contributed by atoms with Gasteiger partial charge in [-0.1, -0.05) is 19.8 Å². The van der Waals surface area contributed by atoms with Gasteiger partial charge in [-0.15, -0.1) is 4.52 Å². The molecule has 0 spiro atoms. The summed E-state index contributed by atoms with van der Waals surface area (Å²) in [6.45, 7) is 4.26. The minimum atomic E-state index is -1.85. The number of unbranched alkanes of at least 4 members (excludes halogenated alkanes) is 2. The van der Waals surface area contributed by atoms with Crippen molar-refractivity contribution in [2.45, 2.75) is 45.4 Å². The highest BCUT2D eigenvalue weighted by Crippen LogP contribution is 2.30. The van der Waals surface area contributed by atoms with Gasteiger partial charge < -0.3 is 5.11 Å². The Bertz CT molecular complexity index is 127. The van der Waals surface area contributed by atoms with E-state index >= 15 is 0 Å². The van der Waals surface area contributed by atoms with Gasteiger partial charge in [0.2, 0.25) is 0 Å². The summed E-state index contributed by atoms with van der Waals surface area (Å²) in [5.74, 6) is -0.772. The minimum absolute atomic E-state index is 0.403. The number of aliphatic hydroxyl groups excluding tert-OH is 1. The van der Waals surface area contributed by atoms with Gasteiger partial charge in [-0.05, 0) is 17.9 Å². The first kappa shape index (κ1) is 12.0. The lowest BCUT2D eigenvalue weighted by atomic mass is 10.2. The smallest absolute Gasteiger partial charge is 0.349 e. The molecule has 0 aliphatic carbocycles. The summed E-state index contributed by atoms with van der Waals surface area (Å²) >= 11 is 0.